The number of allylic oxidation sites excluding steroid dienone is 8. The Hall–Kier alpha value is -2.18. The Morgan fingerprint density at radius 1 is 0.509 bits per heavy atom. The Morgan fingerprint density at radius 3 is 1.49 bits per heavy atom. The average molecular weight is 772 g/mol. The number of rotatable bonds is 42. The fraction of sp³-hybridized carbons (Fsp3) is 0.796. The second kappa shape index (κ2) is 44.5. The first-order valence-electron chi connectivity index (χ1n) is 23.4. The first-order valence-corrected chi connectivity index (χ1v) is 23.4. The van der Waals surface area contributed by atoms with E-state index in [0.29, 0.717) is 32.3 Å². The van der Waals surface area contributed by atoms with Crippen molar-refractivity contribution in [2.24, 2.45) is 0 Å². The van der Waals surface area contributed by atoms with Crippen LogP contribution in [-0.4, -0.2) is 47.4 Å². The van der Waals surface area contributed by atoms with Crippen molar-refractivity contribution in [1.29, 1.82) is 0 Å². The number of nitrogens with one attached hydrogen (secondary N) is 1. The molecule has 1 amide bonds. The summed E-state index contributed by atoms with van der Waals surface area (Å²) in [5.41, 5.74) is 0. The van der Waals surface area contributed by atoms with E-state index in [2.05, 4.69) is 61.7 Å². The molecule has 0 saturated carbocycles. The van der Waals surface area contributed by atoms with Crippen LogP contribution in [0.2, 0.25) is 0 Å². The second-order valence-corrected chi connectivity index (χ2v) is 15.7. The summed E-state index contributed by atoms with van der Waals surface area (Å²) >= 11 is 0. The Kier molecular flexibility index (Phi) is 42.8. The van der Waals surface area contributed by atoms with E-state index in [9.17, 15) is 19.8 Å². The van der Waals surface area contributed by atoms with Crippen molar-refractivity contribution in [1.82, 2.24) is 5.32 Å². The van der Waals surface area contributed by atoms with Gasteiger partial charge >= 0.3 is 5.97 Å². The van der Waals surface area contributed by atoms with Gasteiger partial charge in [-0.2, -0.15) is 0 Å². The maximum atomic E-state index is 12.4. The van der Waals surface area contributed by atoms with Crippen molar-refractivity contribution >= 4 is 11.9 Å². The predicted octanol–water partition coefficient (Wildman–Crippen LogP) is 13.5. The van der Waals surface area contributed by atoms with Gasteiger partial charge in [0.2, 0.25) is 5.91 Å². The van der Waals surface area contributed by atoms with Gasteiger partial charge in [-0.15, -0.1) is 0 Å². The minimum atomic E-state index is -0.699. The molecule has 0 aliphatic carbocycles. The topological polar surface area (TPSA) is 95.9 Å². The van der Waals surface area contributed by atoms with Crippen LogP contribution in [0.25, 0.3) is 0 Å². The highest BCUT2D eigenvalue weighted by atomic mass is 16.5. The highest BCUT2D eigenvalue weighted by Crippen LogP contribution is 2.15. The summed E-state index contributed by atoms with van der Waals surface area (Å²) in [5, 5.41) is 23.0. The fourth-order valence-electron chi connectivity index (χ4n) is 6.72. The lowest BCUT2D eigenvalue weighted by atomic mass is 10.0. The van der Waals surface area contributed by atoms with Gasteiger partial charge in [-0.3, -0.25) is 9.59 Å². The van der Waals surface area contributed by atoms with Crippen LogP contribution in [0.1, 0.15) is 226 Å². The van der Waals surface area contributed by atoms with E-state index < -0.39 is 12.1 Å². The number of amides is 1. The third-order valence-electron chi connectivity index (χ3n) is 10.3. The van der Waals surface area contributed by atoms with Crippen LogP contribution in [0.15, 0.2) is 48.6 Å². The monoisotopic (exact) mass is 772 g/mol. The quantitative estimate of drug-likeness (QED) is 0.0326. The van der Waals surface area contributed by atoms with Gasteiger partial charge in [0.15, 0.2) is 0 Å². The maximum absolute atomic E-state index is 12.4. The summed E-state index contributed by atoms with van der Waals surface area (Å²) in [6.07, 6.45) is 53.6. The Bertz CT molecular complexity index is 942. The number of hydrogen-bond donors (Lipinski definition) is 3. The smallest absolute Gasteiger partial charge is 0.305 e. The van der Waals surface area contributed by atoms with Crippen LogP contribution in [-0.2, 0) is 14.3 Å². The summed E-state index contributed by atoms with van der Waals surface area (Å²) in [6.45, 7) is 4.79. The molecule has 320 valence electrons. The molecule has 2 unspecified atom stereocenters. The molecule has 0 radical (unpaired) electrons. The average Bonchev–Trinajstić information content (AvgIpc) is 3.18. The molecule has 0 rings (SSSR count). The third-order valence-corrected chi connectivity index (χ3v) is 10.3. The lowest BCUT2D eigenvalue weighted by Crippen LogP contribution is -2.45. The number of aliphatic hydroxyl groups excluding tert-OH is 2. The van der Waals surface area contributed by atoms with Gasteiger partial charge in [-0.1, -0.05) is 191 Å². The molecule has 0 bridgehead atoms. The predicted molar refractivity (Wildman–Crippen MR) is 236 cm³/mol. The van der Waals surface area contributed by atoms with Crippen LogP contribution >= 0.6 is 0 Å². The molecule has 0 fully saturated rings. The van der Waals surface area contributed by atoms with Gasteiger partial charge in [0.05, 0.1) is 25.4 Å². The molecule has 0 aromatic heterocycles. The standard InChI is InChI=1S/C49H89NO5/c1-3-5-7-9-11-13-15-18-23-27-31-35-39-43-49(54)55-44-40-36-32-28-24-20-17-19-22-26-30-34-38-42-48(53)50-46(45-51)47(52)41-37-33-29-25-21-16-14-12-10-8-6-4-2/h7,9,13,15,19,22,30,34,46-47,51-52H,3-6,8,10-12,14,16-18,20-21,23-29,31-33,35-45H2,1-2H3,(H,50,53)/b9-7-,15-13-,22-19-,34-30-. The second-order valence-electron chi connectivity index (χ2n) is 15.7. The van der Waals surface area contributed by atoms with Crippen molar-refractivity contribution in [3.8, 4) is 0 Å². The lowest BCUT2D eigenvalue weighted by molar-refractivity contribution is -0.143. The van der Waals surface area contributed by atoms with E-state index in [0.717, 1.165) is 64.2 Å². The van der Waals surface area contributed by atoms with E-state index in [4.69, 9.17) is 4.74 Å². The van der Waals surface area contributed by atoms with E-state index in [-0.39, 0.29) is 18.5 Å². The molecule has 0 aliphatic rings. The van der Waals surface area contributed by atoms with E-state index in [1.807, 2.05) is 6.08 Å². The Labute approximate surface area is 340 Å². The summed E-state index contributed by atoms with van der Waals surface area (Å²) < 4.78 is 5.43. The first kappa shape index (κ1) is 52.8. The van der Waals surface area contributed by atoms with Crippen LogP contribution in [0, 0.1) is 0 Å². The largest absolute Gasteiger partial charge is 0.466 e. The van der Waals surface area contributed by atoms with Crippen molar-refractivity contribution in [2.75, 3.05) is 13.2 Å². The van der Waals surface area contributed by atoms with Gasteiger partial charge < -0.3 is 20.3 Å². The highest BCUT2D eigenvalue weighted by molar-refractivity contribution is 5.76. The van der Waals surface area contributed by atoms with Crippen LogP contribution in [0.4, 0.5) is 0 Å². The lowest BCUT2D eigenvalue weighted by Gasteiger charge is -2.22. The third kappa shape index (κ3) is 41.3. The maximum Gasteiger partial charge on any atom is 0.305 e. The number of aliphatic hydroxyl groups is 2. The van der Waals surface area contributed by atoms with Gasteiger partial charge in [0, 0.05) is 12.8 Å². The zero-order chi connectivity index (χ0) is 40.1. The van der Waals surface area contributed by atoms with Gasteiger partial charge in [0.1, 0.15) is 0 Å². The number of ether oxygens (including phenoxy) is 1. The number of carbonyl (C=O) groups is 2. The molecule has 55 heavy (non-hydrogen) atoms. The summed E-state index contributed by atoms with van der Waals surface area (Å²) in [4.78, 5) is 24.3. The molecule has 0 aromatic carbocycles. The molecule has 0 saturated heterocycles. The number of hydrogen-bond acceptors (Lipinski definition) is 5. The van der Waals surface area contributed by atoms with E-state index in [1.54, 1.807) is 0 Å². The van der Waals surface area contributed by atoms with Crippen molar-refractivity contribution in [3.63, 3.8) is 0 Å². The Balaban J connectivity index is 3.58. The zero-order valence-electron chi connectivity index (χ0n) is 36.1. The molecule has 3 N–H and O–H groups in total. The molecule has 6 nitrogen and oxygen atoms in total. The summed E-state index contributed by atoms with van der Waals surface area (Å²) in [5.74, 6) is -0.153. The van der Waals surface area contributed by atoms with Crippen molar-refractivity contribution in [2.45, 2.75) is 238 Å². The van der Waals surface area contributed by atoms with Crippen LogP contribution in [0.5, 0.6) is 0 Å². The molecule has 0 aliphatic heterocycles. The fourth-order valence-corrected chi connectivity index (χ4v) is 6.72. The van der Waals surface area contributed by atoms with Gasteiger partial charge in [-0.25, -0.2) is 0 Å². The number of unbranched alkanes of at least 4 members (excludes halogenated alkanes) is 23. The molecular weight excluding hydrogens is 683 g/mol. The number of carbonyl (C=O) groups excluding carboxylic acids is 2. The Morgan fingerprint density at radius 2 is 0.964 bits per heavy atom. The van der Waals surface area contributed by atoms with Crippen LogP contribution in [0.3, 0.4) is 0 Å². The minimum Gasteiger partial charge on any atom is -0.466 e. The normalized spacial score (nSPS) is 13.2. The molecular formula is C49H89NO5. The van der Waals surface area contributed by atoms with Gasteiger partial charge in [-0.05, 0) is 70.6 Å². The molecule has 0 spiro atoms. The summed E-state index contributed by atoms with van der Waals surface area (Å²) in [6, 6.07) is -0.585. The van der Waals surface area contributed by atoms with Crippen molar-refractivity contribution < 1.29 is 24.5 Å². The van der Waals surface area contributed by atoms with Crippen LogP contribution < -0.4 is 5.32 Å². The van der Waals surface area contributed by atoms with Gasteiger partial charge in [0.25, 0.3) is 0 Å². The molecule has 6 heteroatoms. The highest BCUT2D eigenvalue weighted by Gasteiger charge is 2.19. The minimum absolute atomic E-state index is 0.0336. The number of esters is 1. The SMILES string of the molecule is CCC/C=C\C/C=C\CCCCCCCC(=O)OCCCCCCCC/C=C\C/C=C\CCC(=O)NC(CO)C(O)CCCCCCCCCCCCCC. The zero-order valence-corrected chi connectivity index (χ0v) is 36.1. The van der Waals surface area contributed by atoms with E-state index >= 15 is 0 Å². The molecule has 2 atom stereocenters. The molecule has 0 aromatic rings. The van der Waals surface area contributed by atoms with E-state index in [1.165, 1.54) is 122 Å². The first-order chi connectivity index (χ1) is 27.0. The summed E-state index contributed by atoms with van der Waals surface area (Å²) in [7, 11) is 0. The molecule has 0 heterocycles. The van der Waals surface area contributed by atoms with Crippen molar-refractivity contribution in [3.05, 3.63) is 48.6 Å².